The number of unbranched alkanes of at least 4 members (excludes halogenated alkanes) is 2. The van der Waals surface area contributed by atoms with E-state index < -0.39 is 12.1 Å². The standard InChI is InChI=1S/C9H18O4S/c10-6-8(11)7-14-5-3-1-2-4-9(12)13/h8,10-11H,1-7H2,(H,12,13). The van der Waals surface area contributed by atoms with Crippen LogP contribution in [0.1, 0.15) is 25.7 Å². The van der Waals surface area contributed by atoms with Gasteiger partial charge in [-0.25, -0.2) is 0 Å². The Bertz CT molecular complexity index is 152. The van der Waals surface area contributed by atoms with Gasteiger partial charge in [0.2, 0.25) is 0 Å². The second-order valence-electron chi connectivity index (χ2n) is 3.12. The molecule has 0 aromatic rings. The molecule has 0 aliphatic heterocycles. The number of hydrogen-bond donors (Lipinski definition) is 3. The van der Waals surface area contributed by atoms with Crippen molar-refractivity contribution in [2.24, 2.45) is 0 Å². The van der Waals surface area contributed by atoms with E-state index in [2.05, 4.69) is 0 Å². The first-order valence-corrected chi connectivity index (χ1v) is 5.90. The van der Waals surface area contributed by atoms with Crippen LogP contribution in [0.15, 0.2) is 0 Å². The second kappa shape index (κ2) is 9.30. The average Bonchev–Trinajstić information content (AvgIpc) is 2.15. The van der Waals surface area contributed by atoms with Gasteiger partial charge in [-0.2, -0.15) is 11.8 Å². The van der Waals surface area contributed by atoms with Crippen molar-refractivity contribution in [3.63, 3.8) is 0 Å². The highest BCUT2D eigenvalue weighted by Crippen LogP contribution is 2.08. The van der Waals surface area contributed by atoms with Crippen LogP contribution in [0.25, 0.3) is 0 Å². The molecular weight excluding hydrogens is 204 g/mol. The van der Waals surface area contributed by atoms with Gasteiger partial charge in [-0.3, -0.25) is 4.79 Å². The van der Waals surface area contributed by atoms with Gasteiger partial charge in [0.25, 0.3) is 0 Å². The van der Waals surface area contributed by atoms with Crippen molar-refractivity contribution in [1.82, 2.24) is 0 Å². The summed E-state index contributed by atoms with van der Waals surface area (Å²) < 4.78 is 0. The minimum absolute atomic E-state index is 0.188. The Kier molecular flexibility index (Phi) is 9.13. The lowest BCUT2D eigenvalue weighted by Gasteiger charge is -2.05. The highest BCUT2D eigenvalue weighted by Gasteiger charge is 2.01. The van der Waals surface area contributed by atoms with Crippen LogP contribution in [-0.2, 0) is 4.79 Å². The van der Waals surface area contributed by atoms with Gasteiger partial charge in [-0.15, -0.1) is 0 Å². The van der Waals surface area contributed by atoms with Crippen molar-refractivity contribution in [3.8, 4) is 0 Å². The molecule has 0 aromatic heterocycles. The smallest absolute Gasteiger partial charge is 0.303 e. The molecule has 3 N–H and O–H groups in total. The molecular formula is C9H18O4S. The Morgan fingerprint density at radius 2 is 2.00 bits per heavy atom. The minimum atomic E-state index is -0.742. The molecule has 0 aliphatic rings. The number of aliphatic hydroxyl groups is 2. The van der Waals surface area contributed by atoms with Crippen molar-refractivity contribution < 1.29 is 20.1 Å². The van der Waals surface area contributed by atoms with Crippen LogP contribution < -0.4 is 0 Å². The molecule has 5 heteroatoms. The van der Waals surface area contributed by atoms with Crippen molar-refractivity contribution in [2.75, 3.05) is 18.1 Å². The molecule has 0 heterocycles. The molecule has 0 saturated heterocycles. The number of aliphatic carboxylic acids is 1. The van der Waals surface area contributed by atoms with E-state index in [0.717, 1.165) is 25.0 Å². The summed E-state index contributed by atoms with van der Waals surface area (Å²) in [7, 11) is 0. The zero-order valence-corrected chi connectivity index (χ0v) is 9.00. The van der Waals surface area contributed by atoms with E-state index in [1.165, 1.54) is 0 Å². The number of carboxylic acids is 1. The van der Waals surface area contributed by atoms with Gasteiger partial charge in [0.1, 0.15) is 0 Å². The summed E-state index contributed by atoms with van der Waals surface area (Å²) in [5, 5.41) is 25.8. The maximum Gasteiger partial charge on any atom is 0.303 e. The fourth-order valence-electron chi connectivity index (χ4n) is 0.929. The highest BCUT2D eigenvalue weighted by molar-refractivity contribution is 7.99. The maximum absolute atomic E-state index is 10.2. The predicted octanol–water partition coefficient (Wildman–Crippen LogP) is 0.718. The van der Waals surface area contributed by atoms with Crippen LogP contribution >= 0.6 is 11.8 Å². The Morgan fingerprint density at radius 1 is 1.29 bits per heavy atom. The molecule has 4 nitrogen and oxygen atoms in total. The zero-order valence-electron chi connectivity index (χ0n) is 8.19. The van der Waals surface area contributed by atoms with Crippen molar-refractivity contribution in [2.45, 2.75) is 31.8 Å². The maximum atomic E-state index is 10.2. The molecule has 1 atom stereocenters. The average molecular weight is 222 g/mol. The lowest BCUT2D eigenvalue weighted by molar-refractivity contribution is -0.137. The molecule has 0 amide bonds. The van der Waals surface area contributed by atoms with Gasteiger partial charge in [0.05, 0.1) is 12.7 Å². The normalized spacial score (nSPS) is 12.7. The Labute approximate surface area is 88.3 Å². The molecule has 0 bridgehead atoms. The topological polar surface area (TPSA) is 77.8 Å². The van der Waals surface area contributed by atoms with Gasteiger partial charge in [0.15, 0.2) is 0 Å². The van der Waals surface area contributed by atoms with E-state index in [1.807, 2.05) is 0 Å². The Hall–Kier alpha value is -0.260. The number of aliphatic hydroxyl groups excluding tert-OH is 2. The van der Waals surface area contributed by atoms with Crippen LogP contribution in [-0.4, -0.2) is 45.5 Å². The van der Waals surface area contributed by atoms with Crippen LogP contribution in [0.5, 0.6) is 0 Å². The molecule has 0 aromatic carbocycles. The van der Waals surface area contributed by atoms with Crippen molar-refractivity contribution in [1.29, 1.82) is 0 Å². The Balaban J connectivity index is 3.02. The molecule has 14 heavy (non-hydrogen) atoms. The summed E-state index contributed by atoms with van der Waals surface area (Å²) >= 11 is 1.59. The summed E-state index contributed by atoms with van der Waals surface area (Å²) in [6.45, 7) is -0.188. The number of hydrogen-bond acceptors (Lipinski definition) is 4. The minimum Gasteiger partial charge on any atom is -0.481 e. The van der Waals surface area contributed by atoms with Crippen molar-refractivity contribution >= 4 is 17.7 Å². The van der Waals surface area contributed by atoms with E-state index >= 15 is 0 Å². The van der Waals surface area contributed by atoms with Crippen molar-refractivity contribution in [3.05, 3.63) is 0 Å². The van der Waals surface area contributed by atoms with Gasteiger partial charge >= 0.3 is 5.97 Å². The van der Waals surface area contributed by atoms with Gasteiger partial charge in [-0.05, 0) is 18.6 Å². The zero-order chi connectivity index (χ0) is 10.8. The third-order valence-corrected chi connectivity index (χ3v) is 2.90. The van der Waals surface area contributed by atoms with Crippen LogP contribution in [0.2, 0.25) is 0 Å². The van der Waals surface area contributed by atoms with Gasteiger partial charge in [0, 0.05) is 12.2 Å². The summed E-state index contributed by atoms with van der Waals surface area (Å²) in [6, 6.07) is 0. The molecule has 0 spiro atoms. The first-order chi connectivity index (χ1) is 6.66. The SMILES string of the molecule is O=C(O)CCCCCSCC(O)CO. The van der Waals surface area contributed by atoms with Gasteiger partial charge in [-0.1, -0.05) is 6.42 Å². The lowest BCUT2D eigenvalue weighted by atomic mass is 10.2. The number of thioether (sulfide) groups is 1. The first-order valence-electron chi connectivity index (χ1n) is 4.75. The number of carboxylic acid groups (broad SMARTS) is 1. The molecule has 84 valence electrons. The van der Waals surface area contributed by atoms with Crippen LogP contribution in [0.3, 0.4) is 0 Å². The van der Waals surface area contributed by atoms with E-state index in [4.69, 9.17) is 15.3 Å². The summed E-state index contributed by atoms with van der Waals surface area (Å²) in [5.41, 5.74) is 0. The monoisotopic (exact) mass is 222 g/mol. The molecule has 1 unspecified atom stereocenters. The van der Waals surface area contributed by atoms with Crippen LogP contribution in [0, 0.1) is 0 Å². The third-order valence-electron chi connectivity index (χ3n) is 1.70. The summed E-state index contributed by atoms with van der Waals surface area (Å²) in [4.78, 5) is 10.2. The first kappa shape index (κ1) is 13.7. The van der Waals surface area contributed by atoms with Gasteiger partial charge < -0.3 is 15.3 Å². The molecule has 0 radical (unpaired) electrons. The predicted molar refractivity (Wildman–Crippen MR) is 56.5 cm³/mol. The second-order valence-corrected chi connectivity index (χ2v) is 4.27. The van der Waals surface area contributed by atoms with E-state index in [1.54, 1.807) is 11.8 Å². The molecule has 0 fully saturated rings. The fraction of sp³-hybridized carbons (Fsp3) is 0.889. The Morgan fingerprint density at radius 3 is 2.57 bits per heavy atom. The number of rotatable bonds is 9. The quantitative estimate of drug-likeness (QED) is 0.501. The summed E-state index contributed by atoms with van der Waals surface area (Å²) in [6.07, 6.45) is 2.21. The van der Waals surface area contributed by atoms with E-state index in [-0.39, 0.29) is 13.0 Å². The molecule has 0 aliphatic carbocycles. The lowest BCUT2D eigenvalue weighted by Crippen LogP contribution is -2.14. The molecule has 0 rings (SSSR count). The van der Waals surface area contributed by atoms with Crippen LogP contribution in [0.4, 0.5) is 0 Å². The third kappa shape index (κ3) is 9.83. The largest absolute Gasteiger partial charge is 0.481 e. The highest BCUT2D eigenvalue weighted by atomic mass is 32.2. The molecule has 0 saturated carbocycles. The van der Waals surface area contributed by atoms with E-state index in [9.17, 15) is 4.79 Å². The van der Waals surface area contributed by atoms with E-state index in [0.29, 0.717) is 5.75 Å². The summed E-state index contributed by atoms with van der Waals surface area (Å²) in [5.74, 6) is 0.722. The number of carbonyl (C=O) groups is 1. The fourth-order valence-corrected chi connectivity index (χ4v) is 1.88.